The molecule has 1 rings (SSSR count). The molecule has 0 radical (unpaired) electrons. The van der Waals surface area contributed by atoms with E-state index in [1.54, 1.807) is 17.0 Å². The van der Waals surface area contributed by atoms with Gasteiger partial charge in [0.2, 0.25) is 0 Å². The highest BCUT2D eigenvalue weighted by Crippen LogP contribution is 2.30. The van der Waals surface area contributed by atoms with Crippen molar-refractivity contribution in [3.05, 3.63) is 40.4 Å². The van der Waals surface area contributed by atoms with Crippen LogP contribution in [-0.2, 0) is 0 Å². The van der Waals surface area contributed by atoms with Gasteiger partial charge in [-0.05, 0) is 32.9 Å². The van der Waals surface area contributed by atoms with Gasteiger partial charge >= 0.3 is 0 Å². The third kappa shape index (κ3) is 3.64. The fourth-order valence-corrected chi connectivity index (χ4v) is 2.02. The number of benzene rings is 1. The maximum absolute atomic E-state index is 12.5. The summed E-state index contributed by atoms with van der Waals surface area (Å²) in [4.78, 5) is 14.2. The number of amides is 1. The van der Waals surface area contributed by atoms with Gasteiger partial charge in [0.25, 0.3) is 5.91 Å². The van der Waals surface area contributed by atoms with Crippen molar-refractivity contribution in [3.63, 3.8) is 0 Å². The van der Waals surface area contributed by atoms with Crippen LogP contribution in [0.3, 0.4) is 0 Å². The number of nitrogen functional groups attached to an aromatic ring is 1. The lowest BCUT2D eigenvalue weighted by Gasteiger charge is -2.35. The minimum atomic E-state index is -0.327. The third-order valence-electron chi connectivity index (χ3n) is 2.67. The van der Waals surface area contributed by atoms with Crippen LogP contribution in [0.2, 0.25) is 10.0 Å². The predicted octanol–water partition coefficient (Wildman–Crippen LogP) is 4.00. The molecule has 3 nitrogen and oxygen atoms in total. The number of anilines is 1. The van der Waals surface area contributed by atoms with Gasteiger partial charge in [0.15, 0.2) is 0 Å². The van der Waals surface area contributed by atoms with Crippen LogP contribution in [0.4, 0.5) is 5.69 Å². The van der Waals surface area contributed by atoms with Crippen molar-refractivity contribution in [1.29, 1.82) is 0 Å². The summed E-state index contributed by atoms with van der Waals surface area (Å²) >= 11 is 11.8. The Morgan fingerprint density at radius 2 is 2.00 bits per heavy atom. The Kier molecular flexibility index (Phi) is 4.88. The average molecular weight is 301 g/mol. The van der Waals surface area contributed by atoms with Gasteiger partial charge < -0.3 is 10.6 Å². The van der Waals surface area contributed by atoms with E-state index in [1.807, 2.05) is 20.8 Å². The fraction of sp³-hybridized carbons (Fsp3) is 0.357. The van der Waals surface area contributed by atoms with E-state index in [0.717, 1.165) is 0 Å². The molecule has 19 heavy (non-hydrogen) atoms. The van der Waals surface area contributed by atoms with Crippen LogP contribution in [0.5, 0.6) is 0 Å². The SMILES string of the molecule is C=CCN(C(=O)c1cc(N)c(Cl)c(Cl)c1)C(C)(C)C. The van der Waals surface area contributed by atoms with Crippen molar-refractivity contribution in [2.75, 3.05) is 12.3 Å². The van der Waals surface area contributed by atoms with Gasteiger partial charge in [-0.1, -0.05) is 29.3 Å². The predicted molar refractivity (Wildman–Crippen MR) is 81.9 cm³/mol. The first-order valence-electron chi connectivity index (χ1n) is 5.86. The van der Waals surface area contributed by atoms with Crippen LogP contribution in [-0.4, -0.2) is 22.9 Å². The van der Waals surface area contributed by atoms with Crippen LogP contribution in [0.15, 0.2) is 24.8 Å². The van der Waals surface area contributed by atoms with Crippen LogP contribution in [0.1, 0.15) is 31.1 Å². The topological polar surface area (TPSA) is 46.3 Å². The molecule has 0 fully saturated rings. The summed E-state index contributed by atoms with van der Waals surface area (Å²) in [5, 5.41) is 0.543. The van der Waals surface area contributed by atoms with E-state index in [0.29, 0.717) is 17.8 Å². The fourth-order valence-electron chi connectivity index (χ4n) is 1.68. The smallest absolute Gasteiger partial charge is 0.254 e. The second kappa shape index (κ2) is 5.85. The summed E-state index contributed by atoms with van der Waals surface area (Å²) in [7, 11) is 0. The van der Waals surface area contributed by atoms with E-state index in [9.17, 15) is 4.79 Å². The zero-order chi connectivity index (χ0) is 14.8. The molecule has 104 valence electrons. The molecular formula is C14H18Cl2N2O. The van der Waals surface area contributed by atoms with E-state index < -0.39 is 0 Å². The molecule has 0 aliphatic heterocycles. The summed E-state index contributed by atoms with van der Waals surface area (Å²) in [6, 6.07) is 3.07. The standard InChI is InChI=1S/C14H18Cl2N2O/c1-5-6-18(14(2,3)4)13(19)9-7-10(15)12(16)11(17)8-9/h5,7-8H,1,6,17H2,2-4H3. The molecule has 1 aromatic carbocycles. The van der Waals surface area contributed by atoms with Crippen molar-refractivity contribution in [2.45, 2.75) is 26.3 Å². The molecule has 5 heteroatoms. The lowest BCUT2D eigenvalue weighted by Crippen LogP contribution is -2.45. The molecule has 0 saturated heterocycles. The second-order valence-electron chi connectivity index (χ2n) is 5.24. The maximum Gasteiger partial charge on any atom is 0.254 e. The summed E-state index contributed by atoms with van der Waals surface area (Å²) in [5.41, 5.74) is 6.12. The van der Waals surface area contributed by atoms with E-state index in [2.05, 4.69) is 6.58 Å². The molecule has 0 atom stereocenters. The average Bonchev–Trinajstić information content (AvgIpc) is 2.30. The maximum atomic E-state index is 12.5. The molecule has 2 N–H and O–H groups in total. The van der Waals surface area contributed by atoms with Crippen molar-refractivity contribution >= 4 is 34.8 Å². The molecule has 0 heterocycles. The number of carbonyl (C=O) groups is 1. The molecule has 0 aromatic heterocycles. The van der Waals surface area contributed by atoms with Gasteiger partial charge in [-0.3, -0.25) is 4.79 Å². The van der Waals surface area contributed by atoms with Crippen molar-refractivity contribution in [3.8, 4) is 0 Å². The molecule has 0 saturated carbocycles. The Bertz CT molecular complexity index is 484. The van der Waals surface area contributed by atoms with Crippen LogP contribution in [0.25, 0.3) is 0 Å². The summed E-state index contributed by atoms with van der Waals surface area (Å²) in [6.07, 6.45) is 1.68. The molecule has 0 aliphatic carbocycles. The van der Waals surface area contributed by atoms with Crippen LogP contribution < -0.4 is 5.73 Å². The number of hydrogen-bond acceptors (Lipinski definition) is 2. The highest BCUT2D eigenvalue weighted by Gasteiger charge is 2.27. The van der Waals surface area contributed by atoms with Crippen molar-refractivity contribution in [1.82, 2.24) is 4.90 Å². The minimum Gasteiger partial charge on any atom is -0.397 e. The molecule has 0 bridgehead atoms. The lowest BCUT2D eigenvalue weighted by molar-refractivity contribution is 0.0616. The number of hydrogen-bond donors (Lipinski definition) is 1. The summed E-state index contributed by atoms with van der Waals surface area (Å²) in [5.74, 6) is -0.155. The lowest BCUT2D eigenvalue weighted by atomic mass is 10.0. The molecule has 0 unspecified atom stereocenters. The van der Waals surface area contributed by atoms with Gasteiger partial charge in [-0.25, -0.2) is 0 Å². The summed E-state index contributed by atoms with van der Waals surface area (Å²) < 4.78 is 0. The first-order chi connectivity index (χ1) is 8.68. The normalized spacial score (nSPS) is 11.2. The Balaban J connectivity index is 3.21. The number of carbonyl (C=O) groups excluding carboxylic acids is 1. The first kappa shape index (κ1) is 15.9. The van der Waals surface area contributed by atoms with Gasteiger partial charge in [0.1, 0.15) is 0 Å². The van der Waals surface area contributed by atoms with Crippen LogP contribution in [0, 0.1) is 0 Å². The second-order valence-corrected chi connectivity index (χ2v) is 6.02. The van der Waals surface area contributed by atoms with E-state index >= 15 is 0 Å². The van der Waals surface area contributed by atoms with Crippen LogP contribution >= 0.6 is 23.2 Å². The molecular weight excluding hydrogens is 283 g/mol. The third-order valence-corrected chi connectivity index (χ3v) is 3.49. The molecule has 1 amide bonds. The van der Waals surface area contributed by atoms with E-state index in [-0.39, 0.29) is 21.5 Å². The number of nitrogens with two attached hydrogens (primary N) is 1. The molecule has 0 spiro atoms. The Morgan fingerprint density at radius 1 is 1.42 bits per heavy atom. The number of nitrogens with zero attached hydrogens (tertiary/aromatic N) is 1. The highest BCUT2D eigenvalue weighted by molar-refractivity contribution is 6.43. The molecule has 1 aromatic rings. The largest absolute Gasteiger partial charge is 0.397 e. The minimum absolute atomic E-state index is 0.155. The van der Waals surface area contributed by atoms with Gasteiger partial charge in [0, 0.05) is 17.6 Å². The van der Waals surface area contributed by atoms with Gasteiger partial charge in [0.05, 0.1) is 15.7 Å². The van der Waals surface area contributed by atoms with Gasteiger partial charge in [-0.2, -0.15) is 0 Å². The van der Waals surface area contributed by atoms with E-state index in [4.69, 9.17) is 28.9 Å². The monoisotopic (exact) mass is 300 g/mol. The zero-order valence-corrected chi connectivity index (χ0v) is 12.8. The highest BCUT2D eigenvalue weighted by atomic mass is 35.5. The Hall–Kier alpha value is -1.19. The first-order valence-corrected chi connectivity index (χ1v) is 6.61. The van der Waals surface area contributed by atoms with Crippen molar-refractivity contribution in [2.24, 2.45) is 0 Å². The Labute approximate surface area is 124 Å². The van der Waals surface area contributed by atoms with E-state index in [1.165, 1.54) is 6.07 Å². The molecule has 0 aliphatic rings. The van der Waals surface area contributed by atoms with Crippen molar-refractivity contribution < 1.29 is 4.79 Å². The number of rotatable bonds is 3. The quantitative estimate of drug-likeness (QED) is 0.677. The zero-order valence-electron chi connectivity index (χ0n) is 11.3. The summed E-state index contributed by atoms with van der Waals surface area (Å²) in [6.45, 7) is 9.98. The Morgan fingerprint density at radius 3 is 2.42 bits per heavy atom. The number of halogens is 2. The van der Waals surface area contributed by atoms with Gasteiger partial charge in [-0.15, -0.1) is 6.58 Å².